The van der Waals surface area contributed by atoms with E-state index in [0.29, 0.717) is 39.0 Å². The van der Waals surface area contributed by atoms with Crippen LogP contribution in [0.1, 0.15) is 34.1 Å². The van der Waals surface area contributed by atoms with Gasteiger partial charge in [-0.05, 0) is 86.0 Å². The van der Waals surface area contributed by atoms with E-state index in [1.807, 2.05) is 0 Å². The van der Waals surface area contributed by atoms with Crippen LogP contribution in [0, 0.1) is 6.92 Å². The van der Waals surface area contributed by atoms with Crippen LogP contribution >= 0.6 is 0 Å². The molecule has 7 nitrogen and oxygen atoms in total. The summed E-state index contributed by atoms with van der Waals surface area (Å²) in [7, 11) is 1.51. The second kappa shape index (κ2) is 10.5. The molecule has 0 unspecified atom stereocenters. The number of aromatic nitrogens is 1. The van der Waals surface area contributed by atoms with E-state index < -0.39 is 24.2 Å². The zero-order chi connectivity index (χ0) is 27.6. The highest BCUT2D eigenvalue weighted by atomic mass is 19.4. The summed E-state index contributed by atoms with van der Waals surface area (Å²) in [5.41, 5.74) is 2.58. The Morgan fingerprint density at radius 1 is 0.974 bits per heavy atom. The van der Waals surface area contributed by atoms with Gasteiger partial charge in [0.25, 0.3) is 5.91 Å². The lowest BCUT2D eigenvalue weighted by Gasteiger charge is -2.16. The number of fused-ring (bicyclic) bond motifs is 1. The average molecular weight is 526 g/mol. The number of alkyl halides is 3. The number of hydrogen-bond acceptors (Lipinski definition) is 6. The summed E-state index contributed by atoms with van der Waals surface area (Å²) in [6.07, 6.45) is -5.85. The van der Waals surface area contributed by atoms with Crippen molar-refractivity contribution >= 4 is 22.8 Å². The SMILES string of the molecule is COc1ccc(C(=O)n2c(C)c(Cc3cccc(O[C@@H](C)C(=O)[O-])c3)c3cc(OC(F)(F)F)ccc32)cc1. The maximum atomic E-state index is 13.5. The summed E-state index contributed by atoms with van der Waals surface area (Å²) in [5.74, 6) is -1.30. The van der Waals surface area contributed by atoms with Crippen LogP contribution in [0.4, 0.5) is 13.2 Å². The third-order valence-electron chi connectivity index (χ3n) is 6.00. The van der Waals surface area contributed by atoms with E-state index in [1.165, 1.54) is 30.7 Å². The Morgan fingerprint density at radius 3 is 2.29 bits per heavy atom. The predicted molar refractivity (Wildman–Crippen MR) is 130 cm³/mol. The largest absolute Gasteiger partial charge is 0.573 e. The van der Waals surface area contributed by atoms with Crippen LogP contribution in [0.5, 0.6) is 17.2 Å². The maximum Gasteiger partial charge on any atom is 0.573 e. The van der Waals surface area contributed by atoms with E-state index in [1.54, 1.807) is 55.5 Å². The summed E-state index contributed by atoms with van der Waals surface area (Å²) < 4.78 is 54.9. The third-order valence-corrected chi connectivity index (χ3v) is 6.00. The number of ether oxygens (including phenoxy) is 3. The van der Waals surface area contributed by atoms with Crippen LogP contribution < -0.4 is 19.3 Å². The molecule has 0 aliphatic heterocycles. The molecule has 0 aliphatic rings. The molecule has 4 aromatic rings. The van der Waals surface area contributed by atoms with E-state index >= 15 is 0 Å². The second-order valence-corrected chi connectivity index (χ2v) is 8.56. The van der Waals surface area contributed by atoms with Crippen molar-refractivity contribution in [3.63, 3.8) is 0 Å². The molecule has 10 heteroatoms. The molecule has 3 aromatic carbocycles. The van der Waals surface area contributed by atoms with Crippen molar-refractivity contribution in [2.24, 2.45) is 0 Å². The van der Waals surface area contributed by atoms with Crippen LogP contribution in [0.3, 0.4) is 0 Å². The van der Waals surface area contributed by atoms with Crippen molar-refractivity contribution in [1.29, 1.82) is 0 Å². The minimum atomic E-state index is -4.88. The van der Waals surface area contributed by atoms with E-state index in [4.69, 9.17) is 9.47 Å². The van der Waals surface area contributed by atoms with Gasteiger partial charge in [0, 0.05) is 16.6 Å². The molecular formula is C28H23F3NO6-. The quantitative estimate of drug-likeness (QED) is 0.332. The average Bonchev–Trinajstić information content (AvgIpc) is 3.13. The molecule has 198 valence electrons. The fraction of sp³-hybridized carbons (Fsp3) is 0.214. The summed E-state index contributed by atoms with van der Waals surface area (Å²) >= 11 is 0. The van der Waals surface area contributed by atoms with Gasteiger partial charge in [-0.3, -0.25) is 9.36 Å². The van der Waals surface area contributed by atoms with Crippen LogP contribution in [-0.4, -0.2) is 36.0 Å². The van der Waals surface area contributed by atoms with Crippen molar-refractivity contribution in [1.82, 2.24) is 4.57 Å². The molecule has 0 spiro atoms. The molecule has 4 rings (SSSR count). The number of benzene rings is 3. The number of rotatable bonds is 8. The van der Waals surface area contributed by atoms with Crippen molar-refractivity contribution in [3.05, 3.63) is 89.1 Å². The lowest BCUT2D eigenvalue weighted by Crippen LogP contribution is -2.37. The number of hydrogen-bond donors (Lipinski definition) is 0. The van der Waals surface area contributed by atoms with E-state index in [-0.39, 0.29) is 18.1 Å². The molecule has 1 heterocycles. The minimum absolute atomic E-state index is 0.220. The Hall–Kier alpha value is -4.47. The molecule has 1 atom stereocenters. The first kappa shape index (κ1) is 26.6. The van der Waals surface area contributed by atoms with Gasteiger partial charge in [-0.1, -0.05) is 12.1 Å². The molecule has 0 bridgehead atoms. The van der Waals surface area contributed by atoms with Gasteiger partial charge in [-0.2, -0.15) is 0 Å². The molecule has 0 aliphatic carbocycles. The standard InChI is InChI=1S/C28H24F3NO6/c1-16-23(14-18-5-4-6-21(13-18)37-17(2)27(34)35)24-15-22(38-28(29,30)31)11-12-25(24)32(16)26(33)19-7-9-20(36-3)10-8-19/h4-13,15,17H,14H2,1-3H3,(H,34,35)/p-1/t17-/m0/s1. The second-order valence-electron chi connectivity index (χ2n) is 8.56. The Morgan fingerprint density at radius 2 is 1.66 bits per heavy atom. The van der Waals surface area contributed by atoms with Crippen LogP contribution in [0.25, 0.3) is 10.9 Å². The number of nitrogens with zero attached hydrogens (tertiary/aromatic N) is 1. The smallest absolute Gasteiger partial charge is 0.546 e. The number of halogens is 3. The Kier molecular flexibility index (Phi) is 7.34. The first-order valence-electron chi connectivity index (χ1n) is 11.5. The number of carboxylic acids is 1. The summed E-state index contributed by atoms with van der Waals surface area (Å²) in [6.45, 7) is 3.05. The van der Waals surface area contributed by atoms with Crippen molar-refractivity contribution < 1.29 is 42.1 Å². The highest BCUT2D eigenvalue weighted by Gasteiger charge is 2.31. The van der Waals surface area contributed by atoms with E-state index in [9.17, 15) is 27.9 Å². The molecule has 0 amide bonds. The van der Waals surface area contributed by atoms with Crippen molar-refractivity contribution in [2.75, 3.05) is 7.11 Å². The fourth-order valence-electron chi connectivity index (χ4n) is 4.19. The summed E-state index contributed by atoms with van der Waals surface area (Å²) in [5, 5.41) is 11.5. The van der Waals surface area contributed by atoms with Crippen LogP contribution in [0.15, 0.2) is 66.7 Å². The zero-order valence-electron chi connectivity index (χ0n) is 20.7. The monoisotopic (exact) mass is 526 g/mol. The Bertz CT molecular complexity index is 1490. The summed E-state index contributed by atoms with van der Waals surface area (Å²) in [6, 6.07) is 17.0. The molecule has 38 heavy (non-hydrogen) atoms. The lowest BCUT2D eigenvalue weighted by molar-refractivity contribution is -0.312. The van der Waals surface area contributed by atoms with E-state index in [2.05, 4.69) is 4.74 Å². The first-order valence-corrected chi connectivity index (χ1v) is 11.5. The highest BCUT2D eigenvalue weighted by molar-refractivity contribution is 6.04. The number of carboxylic acid groups (broad SMARTS) is 1. The van der Waals surface area contributed by atoms with Gasteiger partial charge in [-0.25, -0.2) is 0 Å². The van der Waals surface area contributed by atoms with Crippen LogP contribution in [0.2, 0.25) is 0 Å². The van der Waals surface area contributed by atoms with Gasteiger partial charge in [0.15, 0.2) is 0 Å². The molecule has 0 saturated carbocycles. The van der Waals surface area contributed by atoms with E-state index in [0.717, 1.165) is 6.07 Å². The molecular weight excluding hydrogens is 503 g/mol. The topological polar surface area (TPSA) is 89.8 Å². The highest BCUT2D eigenvalue weighted by Crippen LogP contribution is 2.34. The maximum absolute atomic E-state index is 13.5. The number of carbonyl (C=O) groups excluding carboxylic acids is 2. The lowest BCUT2D eigenvalue weighted by atomic mass is 10.0. The zero-order valence-corrected chi connectivity index (χ0v) is 20.7. The van der Waals surface area contributed by atoms with Gasteiger partial charge in [0.1, 0.15) is 23.4 Å². The number of aliphatic carboxylic acids is 1. The molecule has 0 radical (unpaired) electrons. The van der Waals surface area contributed by atoms with Crippen LogP contribution in [-0.2, 0) is 11.2 Å². The Balaban J connectivity index is 1.80. The summed E-state index contributed by atoms with van der Waals surface area (Å²) in [4.78, 5) is 24.6. The van der Waals surface area contributed by atoms with Crippen molar-refractivity contribution in [2.45, 2.75) is 32.7 Å². The van der Waals surface area contributed by atoms with Gasteiger partial charge in [0.2, 0.25) is 0 Å². The molecule has 0 fully saturated rings. The molecule has 1 aromatic heterocycles. The molecule has 0 N–H and O–H groups in total. The predicted octanol–water partition coefficient (Wildman–Crippen LogP) is 4.65. The normalized spacial score (nSPS) is 12.3. The molecule has 0 saturated heterocycles. The van der Waals surface area contributed by atoms with Gasteiger partial charge in [-0.15, -0.1) is 13.2 Å². The fourth-order valence-corrected chi connectivity index (χ4v) is 4.19. The third kappa shape index (κ3) is 5.74. The first-order chi connectivity index (χ1) is 18.0. The van der Waals surface area contributed by atoms with Gasteiger partial charge >= 0.3 is 6.36 Å². The van der Waals surface area contributed by atoms with Crippen molar-refractivity contribution in [3.8, 4) is 17.2 Å². The van der Waals surface area contributed by atoms with Gasteiger partial charge in [0.05, 0.1) is 18.6 Å². The Labute approximate surface area is 216 Å². The number of methoxy groups -OCH3 is 1. The number of carbonyl (C=O) groups is 2. The minimum Gasteiger partial charge on any atom is -0.546 e. The van der Waals surface area contributed by atoms with Gasteiger partial charge < -0.3 is 24.1 Å².